The summed E-state index contributed by atoms with van der Waals surface area (Å²) in [6.07, 6.45) is 3.02. The molecule has 204 valence electrons. The molecule has 0 spiro atoms. The van der Waals surface area contributed by atoms with Gasteiger partial charge in [-0.3, -0.25) is 9.71 Å². The number of sulfonamides is 1. The van der Waals surface area contributed by atoms with E-state index < -0.39 is 10.0 Å². The van der Waals surface area contributed by atoms with Crippen LogP contribution < -0.4 is 14.2 Å². The summed E-state index contributed by atoms with van der Waals surface area (Å²) in [5.74, 6) is 0.830. The van der Waals surface area contributed by atoms with Crippen molar-refractivity contribution >= 4 is 27.4 Å². The minimum atomic E-state index is -4.21. The Morgan fingerprint density at radius 1 is 1.00 bits per heavy atom. The van der Waals surface area contributed by atoms with E-state index in [9.17, 15) is 8.42 Å². The zero-order valence-electron chi connectivity index (χ0n) is 21.4. The van der Waals surface area contributed by atoms with Gasteiger partial charge in [0.05, 0.1) is 7.11 Å². The van der Waals surface area contributed by atoms with Gasteiger partial charge in [0.2, 0.25) is 11.6 Å². The molecule has 0 saturated carbocycles. The number of para-hydroxylation sites is 2. The van der Waals surface area contributed by atoms with Crippen LogP contribution in [0, 0.1) is 0 Å². The molecule has 4 aromatic heterocycles. The van der Waals surface area contributed by atoms with Crippen LogP contribution in [0.4, 0.5) is 5.82 Å². The lowest BCUT2D eigenvalue weighted by molar-refractivity contribution is 0.378. The number of aromatic amines is 1. The van der Waals surface area contributed by atoms with Crippen molar-refractivity contribution < 1.29 is 17.9 Å². The third kappa shape index (κ3) is 5.67. The molecule has 0 aliphatic rings. The van der Waals surface area contributed by atoms with Crippen LogP contribution >= 0.6 is 11.6 Å². The standard InChI is InChI=1S/C25H22ClN9O4S/c1-14(2)16-8-9-20(28-13-16)40(36,37)33-25-21(39-19-7-5-4-6-18(19)38-3)22(26)29-23(30-25)15-10-11-27-17(12-15)24-31-34-35-32-24/h4-14H,1-3H3,(H,29,30,33)(H,31,32,34,35). The van der Waals surface area contributed by atoms with E-state index in [1.807, 2.05) is 13.8 Å². The highest BCUT2D eigenvalue weighted by molar-refractivity contribution is 7.92. The van der Waals surface area contributed by atoms with Crippen LogP contribution in [0.3, 0.4) is 0 Å². The van der Waals surface area contributed by atoms with Crippen LogP contribution in [0.5, 0.6) is 17.2 Å². The normalized spacial score (nSPS) is 11.4. The molecule has 0 bridgehead atoms. The Labute approximate surface area is 234 Å². The van der Waals surface area contributed by atoms with E-state index in [0.29, 0.717) is 17.0 Å². The van der Waals surface area contributed by atoms with Gasteiger partial charge in [0.15, 0.2) is 33.3 Å². The quantitative estimate of drug-likeness (QED) is 0.236. The van der Waals surface area contributed by atoms with E-state index in [0.717, 1.165) is 5.56 Å². The molecule has 40 heavy (non-hydrogen) atoms. The molecule has 0 saturated heterocycles. The Bertz CT molecular complexity index is 1750. The molecule has 0 amide bonds. The van der Waals surface area contributed by atoms with Gasteiger partial charge < -0.3 is 9.47 Å². The number of nitrogens with zero attached hydrogens (tertiary/aromatic N) is 7. The maximum Gasteiger partial charge on any atom is 0.280 e. The maximum absolute atomic E-state index is 13.4. The van der Waals surface area contributed by atoms with Gasteiger partial charge in [-0.25, -0.2) is 15.0 Å². The average molecular weight is 580 g/mol. The maximum atomic E-state index is 13.4. The molecule has 15 heteroatoms. The molecule has 0 fully saturated rings. The second-order valence-corrected chi connectivity index (χ2v) is 10.6. The molecule has 5 rings (SSSR count). The zero-order chi connectivity index (χ0) is 28.3. The Morgan fingerprint density at radius 3 is 2.48 bits per heavy atom. The molecule has 0 unspecified atom stereocenters. The number of hydrogen-bond donors (Lipinski definition) is 2. The Morgan fingerprint density at radius 2 is 1.80 bits per heavy atom. The Kier molecular flexibility index (Phi) is 7.53. The third-order valence-corrected chi connectivity index (χ3v) is 7.14. The summed E-state index contributed by atoms with van der Waals surface area (Å²) in [6, 6.07) is 13.2. The topological polar surface area (TPSA) is 171 Å². The first-order valence-corrected chi connectivity index (χ1v) is 13.7. The van der Waals surface area contributed by atoms with Crippen molar-refractivity contribution in [1.82, 2.24) is 40.6 Å². The first-order valence-electron chi connectivity index (χ1n) is 11.8. The van der Waals surface area contributed by atoms with Gasteiger partial charge in [-0.2, -0.15) is 13.6 Å². The third-order valence-electron chi connectivity index (χ3n) is 5.63. The molecule has 0 atom stereocenters. The zero-order valence-corrected chi connectivity index (χ0v) is 23.0. The Balaban J connectivity index is 1.60. The lowest BCUT2D eigenvalue weighted by Gasteiger charge is -2.16. The molecular formula is C25H22ClN9O4S. The van der Waals surface area contributed by atoms with Crippen molar-refractivity contribution in [3.63, 3.8) is 0 Å². The number of nitrogens with one attached hydrogen (secondary N) is 2. The van der Waals surface area contributed by atoms with Crippen LogP contribution in [0.15, 0.2) is 66.0 Å². The van der Waals surface area contributed by atoms with Crippen molar-refractivity contribution in [2.75, 3.05) is 11.8 Å². The molecule has 0 radical (unpaired) electrons. The predicted molar refractivity (Wildman–Crippen MR) is 146 cm³/mol. The molecule has 1 aromatic carbocycles. The van der Waals surface area contributed by atoms with Gasteiger partial charge in [-0.15, -0.1) is 10.2 Å². The fraction of sp³-hybridized carbons (Fsp3) is 0.160. The lowest BCUT2D eigenvalue weighted by Crippen LogP contribution is -2.17. The molecule has 4 heterocycles. The first-order chi connectivity index (χ1) is 19.2. The number of pyridine rings is 2. The highest BCUT2D eigenvalue weighted by Gasteiger charge is 2.25. The van der Waals surface area contributed by atoms with Crippen molar-refractivity contribution in [1.29, 1.82) is 0 Å². The number of benzene rings is 1. The highest BCUT2D eigenvalue weighted by Crippen LogP contribution is 2.40. The largest absolute Gasteiger partial charge is 0.493 e. The number of halogens is 1. The highest BCUT2D eigenvalue weighted by atomic mass is 35.5. The molecule has 13 nitrogen and oxygen atoms in total. The number of ether oxygens (including phenoxy) is 2. The van der Waals surface area contributed by atoms with Crippen LogP contribution in [0.2, 0.25) is 5.15 Å². The van der Waals surface area contributed by atoms with E-state index in [2.05, 4.69) is 45.3 Å². The number of methoxy groups -OCH3 is 1. The monoisotopic (exact) mass is 579 g/mol. The van der Waals surface area contributed by atoms with Crippen LogP contribution in [0.25, 0.3) is 22.9 Å². The minimum absolute atomic E-state index is 0.0883. The predicted octanol–water partition coefficient (Wildman–Crippen LogP) is 4.49. The second kappa shape index (κ2) is 11.2. The number of aromatic nitrogens is 8. The molecule has 5 aromatic rings. The summed E-state index contributed by atoms with van der Waals surface area (Å²) < 4.78 is 40.6. The van der Waals surface area contributed by atoms with Gasteiger partial charge in [-0.05, 0) is 47.0 Å². The summed E-state index contributed by atoms with van der Waals surface area (Å²) in [4.78, 5) is 17.2. The smallest absolute Gasteiger partial charge is 0.280 e. The van der Waals surface area contributed by atoms with Gasteiger partial charge >= 0.3 is 0 Å². The molecule has 0 aliphatic carbocycles. The summed E-state index contributed by atoms with van der Waals surface area (Å²) in [5, 5.41) is 13.4. The van der Waals surface area contributed by atoms with Crippen LogP contribution in [0.1, 0.15) is 25.3 Å². The summed E-state index contributed by atoms with van der Waals surface area (Å²) in [5.41, 5.74) is 1.74. The summed E-state index contributed by atoms with van der Waals surface area (Å²) >= 11 is 6.58. The van der Waals surface area contributed by atoms with Gasteiger partial charge in [0.25, 0.3) is 10.0 Å². The average Bonchev–Trinajstić information content (AvgIpc) is 3.50. The molecular weight excluding hydrogens is 558 g/mol. The van der Waals surface area contributed by atoms with Gasteiger partial charge in [0, 0.05) is 18.0 Å². The fourth-order valence-corrected chi connectivity index (χ4v) is 4.70. The van der Waals surface area contributed by atoms with Crippen molar-refractivity contribution in [2.24, 2.45) is 0 Å². The summed E-state index contributed by atoms with van der Waals surface area (Å²) in [7, 11) is -2.74. The number of rotatable bonds is 9. The molecule has 0 aliphatic heterocycles. The van der Waals surface area contributed by atoms with E-state index >= 15 is 0 Å². The van der Waals surface area contributed by atoms with Crippen molar-refractivity contribution in [2.45, 2.75) is 24.8 Å². The summed E-state index contributed by atoms with van der Waals surface area (Å²) in [6.45, 7) is 3.97. The van der Waals surface area contributed by atoms with Crippen molar-refractivity contribution in [3.05, 3.63) is 71.6 Å². The Hall–Kier alpha value is -4.69. The second-order valence-electron chi connectivity index (χ2n) is 8.62. The SMILES string of the molecule is COc1ccccc1Oc1c(Cl)nc(-c2ccnc(-c3nn[nH]n3)c2)nc1NS(=O)(=O)c1ccc(C(C)C)cn1. The number of hydrogen-bond acceptors (Lipinski definition) is 11. The van der Waals surface area contributed by atoms with Gasteiger partial charge in [0.1, 0.15) is 5.69 Å². The van der Waals surface area contributed by atoms with Crippen LogP contribution in [-0.2, 0) is 10.0 Å². The lowest BCUT2D eigenvalue weighted by atomic mass is 10.1. The van der Waals surface area contributed by atoms with E-state index in [1.54, 1.807) is 42.5 Å². The minimum Gasteiger partial charge on any atom is -0.493 e. The van der Waals surface area contributed by atoms with Crippen molar-refractivity contribution in [3.8, 4) is 40.2 Å². The van der Waals surface area contributed by atoms with Gasteiger partial charge in [-0.1, -0.05) is 43.6 Å². The van der Waals surface area contributed by atoms with E-state index in [4.69, 9.17) is 21.1 Å². The van der Waals surface area contributed by atoms with Crippen LogP contribution in [-0.4, -0.2) is 56.1 Å². The molecule has 2 N–H and O–H groups in total. The first kappa shape index (κ1) is 26.9. The fourth-order valence-electron chi connectivity index (χ4n) is 3.56. The number of anilines is 1. The van der Waals surface area contributed by atoms with E-state index in [-0.39, 0.29) is 45.1 Å². The number of tetrazole rings is 1. The van der Waals surface area contributed by atoms with E-state index in [1.165, 1.54) is 25.6 Å². The number of H-pyrrole nitrogens is 1.